The van der Waals surface area contributed by atoms with Crippen LogP contribution >= 0.6 is 0 Å². The fraction of sp³-hybridized carbons (Fsp3) is 0.839. The Labute approximate surface area is 262 Å². The molecule has 4 rings (SSSR count). The molecule has 1 spiro atoms. The number of aliphatic hydroxyl groups excluding tert-OH is 2. The monoisotopic (exact) mass is 642 g/mol. The number of fused-ring (bicyclic) bond motifs is 2. The van der Waals surface area contributed by atoms with Gasteiger partial charge in [0, 0.05) is 32.8 Å². The van der Waals surface area contributed by atoms with E-state index < -0.39 is 94.2 Å². The molecule has 0 bridgehead atoms. The molecule has 254 valence electrons. The lowest BCUT2D eigenvalue weighted by Crippen LogP contribution is -2.75. The Hall–Kier alpha value is -2.81. The van der Waals surface area contributed by atoms with E-state index in [0.29, 0.717) is 6.42 Å². The zero-order chi connectivity index (χ0) is 33.7. The molecule has 4 aliphatic rings. The highest BCUT2D eigenvalue weighted by atomic mass is 16.7. The van der Waals surface area contributed by atoms with Gasteiger partial charge < -0.3 is 43.7 Å². The Kier molecular flexibility index (Phi) is 9.67. The van der Waals surface area contributed by atoms with Crippen LogP contribution in [0.25, 0.3) is 0 Å². The Morgan fingerprint density at radius 1 is 1.07 bits per heavy atom. The van der Waals surface area contributed by atoms with Crippen molar-refractivity contribution in [3.05, 3.63) is 0 Å². The summed E-state index contributed by atoms with van der Waals surface area (Å²) in [6.45, 7) is 9.27. The summed E-state index contributed by atoms with van der Waals surface area (Å²) in [5, 5.41) is 32.3. The Balaban J connectivity index is 1.83. The van der Waals surface area contributed by atoms with Gasteiger partial charge >= 0.3 is 29.8 Å². The SMILES string of the molecule is CC(=O)OC[C@@]12[C@@H](OC(C)=O)C[C@@H](C)[C@](C)([C@@H]3C[C@@H](CCO)C(=O)O3)[C@H]1C[C@@H](O)[C@H](OC(=O)[C@@](C)(O)[C@H](C)OC(C)=O)[C@]21CO1. The zero-order valence-electron chi connectivity index (χ0n) is 26.9. The predicted molar refractivity (Wildman–Crippen MR) is 151 cm³/mol. The number of aliphatic hydroxyl groups is 3. The van der Waals surface area contributed by atoms with Crippen molar-refractivity contribution in [2.45, 2.75) is 116 Å². The van der Waals surface area contributed by atoms with E-state index in [1.165, 1.54) is 20.8 Å². The van der Waals surface area contributed by atoms with E-state index in [1.807, 2.05) is 13.8 Å². The van der Waals surface area contributed by atoms with Crippen molar-refractivity contribution >= 4 is 29.8 Å². The molecule has 0 aromatic rings. The summed E-state index contributed by atoms with van der Waals surface area (Å²) in [5.74, 6) is -5.07. The first-order valence-corrected chi connectivity index (χ1v) is 15.4. The largest absolute Gasteiger partial charge is 0.465 e. The average Bonchev–Trinajstić information content (AvgIpc) is 3.64. The van der Waals surface area contributed by atoms with Gasteiger partial charge in [-0.15, -0.1) is 0 Å². The first kappa shape index (κ1) is 35.1. The highest BCUT2D eigenvalue weighted by Crippen LogP contribution is 2.70. The second-order valence-electron chi connectivity index (χ2n) is 13.6. The maximum absolute atomic E-state index is 13.5. The molecule has 4 fully saturated rings. The number of carbonyl (C=O) groups excluding carboxylic acids is 5. The van der Waals surface area contributed by atoms with Gasteiger partial charge in [-0.3, -0.25) is 19.2 Å². The van der Waals surface area contributed by atoms with Gasteiger partial charge in [-0.2, -0.15) is 0 Å². The number of ether oxygens (including phenoxy) is 6. The number of carbonyl (C=O) groups is 5. The smallest absolute Gasteiger partial charge is 0.342 e. The van der Waals surface area contributed by atoms with E-state index in [9.17, 15) is 39.3 Å². The van der Waals surface area contributed by atoms with E-state index in [4.69, 9.17) is 28.4 Å². The van der Waals surface area contributed by atoms with Crippen LogP contribution in [0.2, 0.25) is 0 Å². The number of epoxide rings is 1. The van der Waals surface area contributed by atoms with Gasteiger partial charge in [0.25, 0.3) is 0 Å². The van der Waals surface area contributed by atoms with E-state index >= 15 is 0 Å². The van der Waals surface area contributed by atoms with Crippen molar-refractivity contribution in [2.24, 2.45) is 28.6 Å². The van der Waals surface area contributed by atoms with E-state index in [2.05, 4.69) is 0 Å². The highest BCUT2D eigenvalue weighted by Gasteiger charge is 2.82. The molecule has 14 heteroatoms. The third-order valence-electron chi connectivity index (χ3n) is 11.0. The molecular formula is C31H46O14. The van der Waals surface area contributed by atoms with Crippen LogP contribution in [0.1, 0.15) is 74.1 Å². The Morgan fingerprint density at radius 3 is 2.24 bits per heavy atom. The fourth-order valence-corrected chi connectivity index (χ4v) is 8.17. The minimum atomic E-state index is -2.31. The molecule has 2 saturated carbocycles. The summed E-state index contributed by atoms with van der Waals surface area (Å²) in [5.41, 5.74) is -6.15. The number of hydrogen-bond acceptors (Lipinski definition) is 14. The summed E-state index contributed by atoms with van der Waals surface area (Å²) in [6.07, 6.45) is -5.02. The van der Waals surface area contributed by atoms with Crippen LogP contribution in [0.3, 0.4) is 0 Å². The van der Waals surface area contributed by atoms with E-state index in [1.54, 1.807) is 0 Å². The van der Waals surface area contributed by atoms with Crippen molar-refractivity contribution in [3.63, 3.8) is 0 Å². The molecule has 2 heterocycles. The van der Waals surface area contributed by atoms with Crippen LogP contribution in [0.4, 0.5) is 0 Å². The van der Waals surface area contributed by atoms with Crippen LogP contribution in [0.5, 0.6) is 0 Å². The third-order valence-corrected chi connectivity index (χ3v) is 11.0. The Bertz CT molecular complexity index is 1190. The van der Waals surface area contributed by atoms with Crippen molar-refractivity contribution < 1.29 is 67.7 Å². The normalized spacial score (nSPS) is 40.8. The summed E-state index contributed by atoms with van der Waals surface area (Å²) in [4.78, 5) is 62.7. The number of esters is 5. The second-order valence-corrected chi connectivity index (χ2v) is 13.6. The minimum absolute atomic E-state index is 0.0662. The summed E-state index contributed by atoms with van der Waals surface area (Å²) in [7, 11) is 0. The van der Waals surface area contributed by atoms with Crippen LogP contribution in [-0.2, 0) is 52.4 Å². The molecule has 2 aliphatic heterocycles. The quantitative estimate of drug-likeness (QED) is 0.170. The number of hydrogen-bond donors (Lipinski definition) is 3. The fourth-order valence-electron chi connectivity index (χ4n) is 8.17. The predicted octanol–water partition coefficient (Wildman–Crippen LogP) is 0.592. The van der Waals surface area contributed by atoms with Gasteiger partial charge in [-0.1, -0.05) is 13.8 Å². The Morgan fingerprint density at radius 2 is 1.71 bits per heavy atom. The first-order chi connectivity index (χ1) is 20.9. The van der Waals surface area contributed by atoms with Gasteiger partial charge in [-0.25, -0.2) is 4.79 Å². The number of rotatable bonds is 10. The third kappa shape index (κ3) is 5.83. The first-order valence-electron chi connectivity index (χ1n) is 15.4. The van der Waals surface area contributed by atoms with Gasteiger partial charge in [0.1, 0.15) is 30.5 Å². The summed E-state index contributed by atoms with van der Waals surface area (Å²) in [6, 6.07) is 0. The molecule has 14 nitrogen and oxygen atoms in total. The standard InChI is InChI=1S/C31H46O14/c1-15-10-24(43-19(5)35)30(13-40-17(3)33)22(28(15,6)23-11-20(8-9-32)26(37)44-23)12-21(36)25(31(30)14-41-31)45-27(38)29(7,39)16(2)42-18(4)34/h15-16,20-25,32,36,39H,8-14H2,1-7H3/t15-,16+,20-,21-,22-,23+,24+,25+,28+,29+,30+,31-/m1/s1. The number of cyclic esters (lactones) is 1. The second kappa shape index (κ2) is 12.4. The molecular weight excluding hydrogens is 596 g/mol. The van der Waals surface area contributed by atoms with Gasteiger partial charge in [0.05, 0.1) is 24.0 Å². The lowest BCUT2D eigenvalue weighted by Gasteiger charge is -2.65. The highest BCUT2D eigenvalue weighted by molar-refractivity contribution is 5.80. The van der Waals surface area contributed by atoms with Gasteiger partial charge in [0.2, 0.25) is 0 Å². The molecule has 3 N–H and O–H groups in total. The van der Waals surface area contributed by atoms with Crippen LogP contribution in [-0.4, -0.2) is 107 Å². The van der Waals surface area contributed by atoms with Crippen LogP contribution < -0.4 is 0 Å². The minimum Gasteiger partial charge on any atom is -0.465 e. The maximum atomic E-state index is 13.5. The lowest BCUT2D eigenvalue weighted by atomic mass is 9.41. The molecule has 0 unspecified atom stereocenters. The average molecular weight is 643 g/mol. The summed E-state index contributed by atoms with van der Waals surface area (Å²) < 4.78 is 34.5. The molecule has 0 aromatic carbocycles. The van der Waals surface area contributed by atoms with Crippen LogP contribution in [0.15, 0.2) is 0 Å². The van der Waals surface area contributed by atoms with Crippen molar-refractivity contribution in [2.75, 3.05) is 19.8 Å². The topological polar surface area (TPSA) is 205 Å². The van der Waals surface area contributed by atoms with Gasteiger partial charge in [0.15, 0.2) is 11.7 Å². The van der Waals surface area contributed by atoms with Crippen LogP contribution in [0, 0.1) is 28.6 Å². The lowest BCUT2D eigenvalue weighted by molar-refractivity contribution is -0.280. The molecule has 12 atom stereocenters. The van der Waals surface area contributed by atoms with Gasteiger partial charge in [-0.05, 0) is 51.4 Å². The zero-order valence-corrected chi connectivity index (χ0v) is 26.9. The molecule has 2 saturated heterocycles. The molecule has 0 aromatic heterocycles. The molecule has 2 aliphatic carbocycles. The molecule has 0 amide bonds. The van der Waals surface area contributed by atoms with Crippen molar-refractivity contribution in [3.8, 4) is 0 Å². The maximum Gasteiger partial charge on any atom is 0.342 e. The van der Waals surface area contributed by atoms with Crippen molar-refractivity contribution in [1.29, 1.82) is 0 Å². The summed E-state index contributed by atoms with van der Waals surface area (Å²) >= 11 is 0. The van der Waals surface area contributed by atoms with E-state index in [-0.39, 0.29) is 45.0 Å². The molecule has 0 radical (unpaired) electrons. The molecule has 45 heavy (non-hydrogen) atoms. The van der Waals surface area contributed by atoms with E-state index in [0.717, 1.165) is 13.8 Å². The van der Waals surface area contributed by atoms with Crippen molar-refractivity contribution in [1.82, 2.24) is 0 Å².